The molecule has 0 aliphatic rings. The Bertz CT molecular complexity index is 1190. The van der Waals surface area contributed by atoms with Crippen molar-refractivity contribution in [2.75, 3.05) is 0 Å². The largest absolute Gasteiger partial charge is 0.321 e. The Morgan fingerprint density at radius 3 is 2.45 bits per heavy atom. The maximum atomic E-state index is 9.55. The lowest BCUT2D eigenvalue weighted by Gasteiger charge is -2.28. The number of benzene rings is 3. The van der Waals surface area contributed by atoms with Crippen LogP contribution in [0, 0.1) is 11.3 Å². The number of nitriles is 1. The molecule has 0 fully saturated rings. The molecule has 29 heavy (non-hydrogen) atoms. The zero-order valence-corrected chi connectivity index (χ0v) is 16.8. The molecular formula is C25H24N4. The zero-order chi connectivity index (χ0) is 20.4. The zero-order valence-electron chi connectivity index (χ0n) is 16.8. The maximum absolute atomic E-state index is 9.55. The Balaban J connectivity index is 1.99. The molecule has 144 valence electrons. The number of nitrogens with two attached hydrogens (primary N) is 1. The van der Waals surface area contributed by atoms with Crippen LogP contribution in [0.5, 0.6) is 0 Å². The van der Waals surface area contributed by atoms with E-state index in [1.807, 2.05) is 42.7 Å². The third-order valence-corrected chi connectivity index (χ3v) is 5.82. The number of hydrogen-bond acceptors (Lipinski definition) is 3. The van der Waals surface area contributed by atoms with Gasteiger partial charge in [-0.1, -0.05) is 50.2 Å². The van der Waals surface area contributed by atoms with Gasteiger partial charge in [-0.05, 0) is 54.3 Å². The number of nitrogens with zero attached hydrogens (tertiary/aromatic N) is 3. The second-order valence-electron chi connectivity index (χ2n) is 7.40. The van der Waals surface area contributed by atoms with Crippen molar-refractivity contribution < 1.29 is 0 Å². The van der Waals surface area contributed by atoms with Crippen molar-refractivity contribution in [2.45, 2.75) is 32.2 Å². The van der Waals surface area contributed by atoms with E-state index in [4.69, 9.17) is 5.73 Å². The van der Waals surface area contributed by atoms with Crippen LogP contribution in [0.25, 0.3) is 27.8 Å². The molecule has 0 saturated carbocycles. The third kappa shape index (κ3) is 3.30. The molecule has 0 amide bonds. The third-order valence-electron chi connectivity index (χ3n) is 5.82. The van der Waals surface area contributed by atoms with Gasteiger partial charge in [0.1, 0.15) is 6.33 Å². The summed E-state index contributed by atoms with van der Waals surface area (Å²) in [6.45, 7) is 4.24. The highest BCUT2D eigenvalue weighted by atomic mass is 15.0. The molecule has 0 atom stereocenters. The Hall–Kier alpha value is -3.42. The van der Waals surface area contributed by atoms with E-state index in [9.17, 15) is 5.26 Å². The highest BCUT2D eigenvalue weighted by molar-refractivity contribution is 5.94. The molecule has 0 saturated heterocycles. The van der Waals surface area contributed by atoms with Gasteiger partial charge in [0, 0.05) is 16.8 Å². The van der Waals surface area contributed by atoms with E-state index in [0.29, 0.717) is 5.56 Å². The number of rotatable bonds is 5. The quantitative estimate of drug-likeness (QED) is 0.494. The van der Waals surface area contributed by atoms with Gasteiger partial charge in [0.15, 0.2) is 0 Å². The van der Waals surface area contributed by atoms with Gasteiger partial charge < -0.3 is 5.73 Å². The Kier molecular flexibility index (Phi) is 4.92. The first kappa shape index (κ1) is 18.9. The summed E-state index contributed by atoms with van der Waals surface area (Å²) in [7, 11) is 0. The summed E-state index contributed by atoms with van der Waals surface area (Å²) in [5.74, 6) is 0. The van der Waals surface area contributed by atoms with E-state index in [2.05, 4.69) is 59.8 Å². The average molecular weight is 380 g/mol. The molecule has 4 nitrogen and oxygen atoms in total. The fourth-order valence-electron chi connectivity index (χ4n) is 3.87. The van der Waals surface area contributed by atoms with Gasteiger partial charge in [0.2, 0.25) is 0 Å². The van der Waals surface area contributed by atoms with Crippen LogP contribution < -0.4 is 5.73 Å². The summed E-state index contributed by atoms with van der Waals surface area (Å²) >= 11 is 0. The second kappa shape index (κ2) is 7.54. The second-order valence-corrected chi connectivity index (χ2v) is 7.40. The highest BCUT2D eigenvalue weighted by Gasteiger charge is 2.23. The van der Waals surface area contributed by atoms with E-state index < -0.39 is 0 Å². The van der Waals surface area contributed by atoms with Crippen LogP contribution in [0.2, 0.25) is 0 Å². The van der Waals surface area contributed by atoms with Crippen LogP contribution in [0.1, 0.15) is 37.8 Å². The van der Waals surface area contributed by atoms with Gasteiger partial charge >= 0.3 is 0 Å². The summed E-state index contributed by atoms with van der Waals surface area (Å²) in [6.07, 6.45) is 3.55. The van der Waals surface area contributed by atoms with Crippen molar-refractivity contribution in [3.63, 3.8) is 0 Å². The number of fused-ring (bicyclic) bond motifs is 1. The average Bonchev–Trinajstić information content (AvgIpc) is 3.22. The summed E-state index contributed by atoms with van der Waals surface area (Å²) in [5, 5.41) is 9.55. The lowest BCUT2D eigenvalue weighted by molar-refractivity contribution is 0.413. The van der Waals surface area contributed by atoms with E-state index in [0.717, 1.165) is 46.3 Å². The van der Waals surface area contributed by atoms with Gasteiger partial charge in [-0.2, -0.15) is 5.26 Å². The van der Waals surface area contributed by atoms with Crippen LogP contribution in [0.4, 0.5) is 0 Å². The molecular weight excluding hydrogens is 356 g/mol. The minimum Gasteiger partial charge on any atom is -0.321 e. The molecule has 0 spiro atoms. The van der Waals surface area contributed by atoms with Gasteiger partial charge in [-0.15, -0.1) is 0 Å². The molecule has 0 radical (unpaired) electrons. The van der Waals surface area contributed by atoms with Crippen LogP contribution >= 0.6 is 0 Å². The number of aromatic nitrogens is 2. The van der Waals surface area contributed by atoms with E-state index in [1.54, 1.807) is 0 Å². The first-order chi connectivity index (χ1) is 14.1. The molecule has 0 bridgehead atoms. The SMILES string of the molecule is CCC(N)(CC)c1cccc(-c2cc(C#N)cc3ncn(-c4ccccc4)c23)c1. The summed E-state index contributed by atoms with van der Waals surface area (Å²) in [6, 6.07) is 24.6. The van der Waals surface area contributed by atoms with Crippen molar-refractivity contribution in [2.24, 2.45) is 5.73 Å². The van der Waals surface area contributed by atoms with Crippen molar-refractivity contribution in [1.29, 1.82) is 5.26 Å². The van der Waals surface area contributed by atoms with E-state index in [-0.39, 0.29) is 5.54 Å². The molecule has 3 aromatic carbocycles. The molecule has 4 rings (SSSR count). The molecule has 0 aliphatic heterocycles. The van der Waals surface area contributed by atoms with Gasteiger partial charge in [0.25, 0.3) is 0 Å². The summed E-state index contributed by atoms with van der Waals surface area (Å²) in [5.41, 5.74) is 12.9. The van der Waals surface area contributed by atoms with E-state index in [1.165, 1.54) is 0 Å². The Morgan fingerprint density at radius 1 is 1.00 bits per heavy atom. The van der Waals surface area contributed by atoms with Crippen molar-refractivity contribution >= 4 is 11.0 Å². The van der Waals surface area contributed by atoms with Gasteiger partial charge in [0.05, 0.1) is 22.7 Å². The molecule has 0 aliphatic carbocycles. The van der Waals surface area contributed by atoms with Crippen molar-refractivity contribution in [3.05, 3.63) is 84.2 Å². The van der Waals surface area contributed by atoms with Gasteiger partial charge in [-0.25, -0.2) is 4.98 Å². The minimum atomic E-state index is -0.359. The minimum absolute atomic E-state index is 0.359. The summed E-state index contributed by atoms with van der Waals surface area (Å²) < 4.78 is 2.08. The van der Waals surface area contributed by atoms with Crippen LogP contribution in [0.3, 0.4) is 0 Å². The number of imidazole rings is 1. The van der Waals surface area contributed by atoms with Crippen molar-refractivity contribution in [1.82, 2.24) is 9.55 Å². The first-order valence-corrected chi connectivity index (χ1v) is 9.96. The summed E-state index contributed by atoms with van der Waals surface area (Å²) in [4.78, 5) is 4.58. The molecule has 2 N–H and O–H groups in total. The topological polar surface area (TPSA) is 67.6 Å². The van der Waals surface area contributed by atoms with Crippen molar-refractivity contribution in [3.8, 4) is 22.9 Å². The van der Waals surface area contributed by atoms with Crippen LogP contribution in [0.15, 0.2) is 73.1 Å². The van der Waals surface area contributed by atoms with Gasteiger partial charge in [-0.3, -0.25) is 4.57 Å². The Labute approximate surface area is 171 Å². The smallest absolute Gasteiger partial charge is 0.100 e. The standard InChI is InChI=1S/C25H24N4/c1-3-25(27,4-2)20-10-8-9-19(15-20)22-13-18(16-26)14-23-24(22)29(17-28-23)21-11-6-5-7-12-21/h5-15,17H,3-4,27H2,1-2H3. The van der Waals surface area contributed by atoms with Crippen LogP contribution in [-0.2, 0) is 5.54 Å². The predicted octanol–water partition coefficient (Wildman–Crippen LogP) is 5.54. The van der Waals surface area contributed by atoms with Crippen LogP contribution in [-0.4, -0.2) is 9.55 Å². The Morgan fingerprint density at radius 2 is 1.76 bits per heavy atom. The monoisotopic (exact) mass is 380 g/mol. The fraction of sp³-hybridized carbons (Fsp3) is 0.200. The maximum Gasteiger partial charge on any atom is 0.100 e. The predicted molar refractivity (Wildman–Crippen MR) is 118 cm³/mol. The molecule has 0 unspecified atom stereocenters. The lowest BCUT2D eigenvalue weighted by Crippen LogP contribution is -2.35. The molecule has 4 heteroatoms. The molecule has 1 aromatic heterocycles. The first-order valence-electron chi connectivity index (χ1n) is 9.96. The molecule has 4 aromatic rings. The van der Waals surface area contributed by atoms with E-state index >= 15 is 0 Å². The number of para-hydroxylation sites is 1. The molecule has 1 heterocycles. The number of hydrogen-bond donors (Lipinski definition) is 1. The fourth-order valence-corrected chi connectivity index (χ4v) is 3.87. The highest BCUT2D eigenvalue weighted by Crippen LogP contribution is 2.34. The lowest BCUT2D eigenvalue weighted by atomic mass is 9.84. The normalized spacial score (nSPS) is 11.5.